The number of hydrogen-bond acceptors (Lipinski definition) is 5. The molecule has 0 bridgehead atoms. The summed E-state index contributed by atoms with van der Waals surface area (Å²) in [5, 5.41) is 7.87. The maximum Gasteiger partial charge on any atom is 0.306 e. The second-order valence-corrected chi connectivity index (χ2v) is 7.29. The number of rotatable bonds is 5. The first-order valence-corrected chi connectivity index (χ1v) is 9.90. The molecule has 0 N–H and O–H groups in total. The monoisotopic (exact) mass is 397 g/mol. The summed E-state index contributed by atoms with van der Waals surface area (Å²) in [6.45, 7) is 0.257. The maximum atomic E-state index is 12.5. The van der Waals surface area contributed by atoms with Gasteiger partial charge in [-0.05, 0) is 34.4 Å². The molecule has 30 heavy (non-hydrogen) atoms. The molecule has 1 aromatic heterocycles. The Morgan fingerprint density at radius 1 is 0.833 bits per heavy atom. The van der Waals surface area contributed by atoms with Crippen LogP contribution >= 0.6 is 0 Å². The van der Waals surface area contributed by atoms with Crippen molar-refractivity contribution in [1.82, 2.24) is 15.0 Å². The maximum absolute atomic E-state index is 12.5. The van der Waals surface area contributed by atoms with Crippen molar-refractivity contribution in [3.05, 3.63) is 83.9 Å². The Labute approximate surface area is 173 Å². The highest BCUT2D eigenvalue weighted by molar-refractivity contribution is 5.90. The van der Waals surface area contributed by atoms with Crippen molar-refractivity contribution >= 4 is 22.9 Å². The molecule has 6 nitrogen and oxygen atoms in total. The molecule has 5 rings (SSSR count). The molecule has 4 aromatic rings. The standard InChI is InChI=1S/C24H19N3O3/c28-23(27-22-12-6-5-11-21(22)25-26-27)13-14-24(29)30-15-20-18-9-3-1-7-16(18)17-8-2-4-10-19(17)20/h1-12,20H,13-15H2. The van der Waals surface area contributed by atoms with Crippen molar-refractivity contribution in [3.63, 3.8) is 0 Å². The molecular weight excluding hydrogens is 378 g/mol. The summed E-state index contributed by atoms with van der Waals surface area (Å²) in [7, 11) is 0. The van der Waals surface area contributed by atoms with Gasteiger partial charge in [0.05, 0.1) is 11.9 Å². The molecule has 0 unspecified atom stereocenters. The Morgan fingerprint density at radius 2 is 1.47 bits per heavy atom. The summed E-state index contributed by atoms with van der Waals surface area (Å²) in [5.41, 5.74) is 5.97. The minimum atomic E-state index is -0.394. The van der Waals surface area contributed by atoms with Gasteiger partial charge in [0.15, 0.2) is 0 Å². The zero-order valence-electron chi connectivity index (χ0n) is 16.2. The van der Waals surface area contributed by atoms with Crippen molar-refractivity contribution in [2.24, 2.45) is 0 Å². The first-order chi connectivity index (χ1) is 14.7. The molecule has 1 aliphatic rings. The largest absolute Gasteiger partial charge is 0.465 e. The summed E-state index contributed by atoms with van der Waals surface area (Å²) in [4.78, 5) is 24.8. The number of aromatic nitrogens is 3. The highest BCUT2D eigenvalue weighted by atomic mass is 16.5. The Morgan fingerprint density at radius 3 is 2.20 bits per heavy atom. The second-order valence-electron chi connectivity index (χ2n) is 7.29. The molecule has 1 aliphatic carbocycles. The van der Waals surface area contributed by atoms with Gasteiger partial charge >= 0.3 is 5.97 Å². The highest BCUT2D eigenvalue weighted by Crippen LogP contribution is 2.44. The molecule has 0 saturated carbocycles. The van der Waals surface area contributed by atoms with E-state index < -0.39 is 5.97 Å². The zero-order chi connectivity index (χ0) is 20.5. The first kappa shape index (κ1) is 18.2. The summed E-state index contributed by atoms with van der Waals surface area (Å²) in [5.74, 6) is -0.664. The molecule has 148 valence electrons. The molecular formula is C24H19N3O3. The Hall–Kier alpha value is -3.80. The molecule has 6 heteroatoms. The van der Waals surface area contributed by atoms with E-state index in [-0.39, 0.29) is 31.3 Å². The summed E-state index contributed by atoms with van der Waals surface area (Å²) in [6.07, 6.45) is 0.0209. The van der Waals surface area contributed by atoms with E-state index in [1.165, 1.54) is 15.8 Å². The fraction of sp³-hybridized carbons (Fsp3) is 0.167. The van der Waals surface area contributed by atoms with Crippen LogP contribution in [0.3, 0.4) is 0 Å². The second kappa shape index (κ2) is 7.55. The van der Waals surface area contributed by atoms with E-state index in [4.69, 9.17) is 4.74 Å². The molecule has 0 radical (unpaired) electrons. The van der Waals surface area contributed by atoms with E-state index in [1.807, 2.05) is 36.4 Å². The highest BCUT2D eigenvalue weighted by Gasteiger charge is 2.29. The van der Waals surface area contributed by atoms with Gasteiger partial charge in [0, 0.05) is 12.3 Å². The van der Waals surface area contributed by atoms with Crippen LogP contribution in [0.2, 0.25) is 0 Å². The Bertz CT molecular complexity index is 1220. The SMILES string of the molecule is O=C(CCC(=O)n1nnc2ccccc21)OCC1c2ccccc2-c2ccccc21. The third-order valence-corrected chi connectivity index (χ3v) is 5.50. The van der Waals surface area contributed by atoms with Gasteiger partial charge in [-0.25, -0.2) is 0 Å². The predicted molar refractivity (Wildman–Crippen MR) is 112 cm³/mol. The van der Waals surface area contributed by atoms with Crippen LogP contribution < -0.4 is 0 Å². The van der Waals surface area contributed by atoms with Crippen LogP contribution in [0.5, 0.6) is 0 Å². The third-order valence-electron chi connectivity index (χ3n) is 5.50. The van der Waals surface area contributed by atoms with Gasteiger partial charge in [-0.15, -0.1) is 5.10 Å². The number of nitrogens with zero attached hydrogens (tertiary/aromatic N) is 3. The quantitative estimate of drug-likeness (QED) is 0.472. The molecule has 3 aromatic carbocycles. The minimum Gasteiger partial charge on any atom is -0.465 e. The van der Waals surface area contributed by atoms with Gasteiger partial charge in [0.2, 0.25) is 5.91 Å². The normalized spacial score (nSPS) is 12.5. The topological polar surface area (TPSA) is 74.1 Å². The lowest BCUT2D eigenvalue weighted by Gasteiger charge is -2.14. The lowest BCUT2D eigenvalue weighted by atomic mass is 9.98. The van der Waals surface area contributed by atoms with Crippen molar-refractivity contribution in [2.75, 3.05) is 6.61 Å². The molecule has 1 heterocycles. The lowest BCUT2D eigenvalue weighted by Crippen LogP contribution is -2.17. The van der Waals surface area contributed by atoms with Crippen LogP contribution in [0.25, 0.3) is 22.2 Å². The smallest absolute Gasteiger partial charge is 0.306 e. The van der Waals surface area contributed by atoms with Gasteiger partial charge in [0.1, 0.15) is 12.1 Å². The average molecular weight is 397 g/mol. The van der Waals surface area contributed by atoms with E-state index in [9.17, 15) is 9.59 Å². The van der Waals surface area contributed by atoms with Gasteiger partial charge in [-0.3, -0.25) is 9.59 Å². The van der Waals surface area contributed by atoms with Crippen LogP contribution in [0, 0.1) is 0 Å². The van der Waals surface area contributed by atoms with E-state index in [2.05, 4.69) is 34.6 Å². The van der Waals surface area contributed by atoms with Crippen molar-refractivity contribution in [1.29, 1.82) is 0 Å². The lowest BCUT2D eigenvalue weighted by molar-refractivity contribution is -0.143. The van der Waals surface area contributed by atoms with Gasteiger partial charge in [-0.2, -0.15) is 4.68 Å². The van der Waals surface area contributed by atoms with E-state index >= 15 is 0 Å². The van der Waals surface area contributed by atoms with E-state index in [0.717, 1.165) is 11.1 Å². The van der Waals surface area contributed by atoms with E-state index in [1.54, 1.807) is 12.1 Å². The van der Waals surface area contributed by atoms with Crippen LogP contribution in [0.4, 0.5) is 0 Å². The van der Waals surface area contributed by atoms with Gasteiger partial charge in [-0.1, -0.05) is 65.9 Å². The summed E-state index contributed by atoms with van der Waals surface area (Å²) in [6, 6.07) is 23.6. The fourth-order valence-corrected chi connectivity index (χ4v) is 4.06. The number of ether oxygens (including phenoxy) is 1. The molecule has 0 spiro atoms. The van der Waals surface area contributed by atoms with E-state index in [0.29, 0.717) is 11.0 Å². The summed E-state index contributed by atoms with van der Waals surface area (Å²) < 4.78 is 6.80. The number of para-hydroxylation sites is 1. The van der Waals surface area contributed by atoms with Crippen molar-refractivity contribution < 1.29 is 14.3 Å². The van der Waals surface area contributed by atoms with Crippen LogP contribution in [0.15, 0.2) is 72.8 Å². The van der Waals surface area contributed by atoms with Crippen LogP contribution in [0.1, 0.15) is 34.7 Å². The number of esters is 1. The number of fused-ring (bicyclic) bond motifs is 4. The van der Waals surface area contributed by atoms with Crippen LogP contribution in [-0.2, 0) is 9.53 Å². The number of benzene rings is 3. The molecule has 0 fully saturated rings. The summed E-state index contributed by atoms with van der Waals surface area (Å²) >= 11 is 0. The third kappa shape index (κ3) is 3.16. The predicted octanol–water partition coefficient (Wildman–Crippen LogP) is 4.21. The molecule has 0 aliphatic heterocycles. The Balaban J connectivity index is 1.23. The minimum absolute atomic E-state index is 0.00301. The fourth-order valence-electron chi connectivity index (χ4n) is 4.06. The van der Waals surface area contributed by atoms with Crippen molar-refractivity contribution in [2.45, 2.75) is 18.8 Å². The number of carbonyl (C=O) groups is 2. The molecule has 0 saturated heterocycles. The van der Waals surface area contributed by atoms with Gasteiger partial charge < -0.3 is 4.74 Å². The Kier molecular flexibility index (Phi) is 4.59. The average Bonchev–Trinajstić information content (AvgIpc) is 3.36. The number of hydrogen-bond donors (Lipinski definition) is 0. The van der Waals surface area contributed by atoms with Crippen molar-refractivity contribution in [3.8, 4) is 11.1 Å². The van der Waals surface area contributed by atoms with Crippen LogP contribution in [-0.4, -0.2) is 33.5 Å². The molecule has 0 atom stereocenters. The van der Waals surface area contributed by atoms with Gasteiger partial charge in [0.25, 0.3) is 0 Å². The molecule has 0 amide bonds. The first-order valence-electron chi connectivity index (χ1n) is 9.90. The number of carbonyl (C=O) groups excluding carboxylic acids is 2. The zero-order valence-corrected chi connectivity index (χ0v) is 16.2.